The van der Waals surface area contributed by atoms with Crippen LogP contribution in [0.15, 0.2) is 28.7 Å². The van der Waals surface area contributed by atoms with Crippen molar-refractivity contribution in [2.24, 2.45) is 5.92 Å². The van der Waals surface area contributed by atoms with Gasteiger partial charge in [0.2, 0.25) is 5.91 Å². The van der Waals surface area contributed by atoms with Crippen molar-refractivity contribution in [1.82, 2.24) is 5.48 Å². The Kier molecular flexibility index (Phi) is 3.07. The van der Waals surface area contributed by atoms with Crippen molar-refractivity contribution in [2.75, 3.05) is 7.11 Å². The van der Waals surface area contributed by atoms with E-state index in [2.05, 4.69) is 38.4 Å². The van der Waals surface area contributed by atoms with Gasteiger partial charge in [0.05, 0.1) is 7.11 Å². The molecule has 1 saturated carbocycles. The lowest BCUT2D eigenvalue weighted by Gasteiger charge is -2.02. The lowest BCUT2D eigenvalue weighted by Crippen LogP contribution is -2.23. The minimum atomic E-state index is -0.0255. The lowest BCUT2D eigenvalue weighted by molar-refractivity contribution is -0.132. The SMILES string of the molecule is CONC(=O)[C@H]1C[C@@H]1c1cccc(Br)c1. The van der Waals surface area contributed by atoms with Gasteiger partial charge >= 0.3 is 0 Å². The van der Waals surface area contributed by atoms with Gasteiger partial charge < -0.3 is 0 Å². The highest BCUT2D eigenvalue weighted by molar-refractivity contribution is 9.10. The number of halogens is 1. The second kappa shape index (κ2) is 4.33. The van der Waals surface area contributed by atoms with Gasteiger partial charge in [-0.25, -0.2) is 5.48 Å². The Morgan fingerprint density at radius 2 is 2.40 bits per heavy atom. The molecule has 1 aromatic rings. The predicted octanol–water partition coefficient (Wildman–Crippen LogP) is 2.23. The molecule has 0 saturated heterocycles. The molecule has 3 nitrogen and oxygen atoms in total. The van der Waals surface area contributed by atoms with Crippen molar-refractivity contribution in [3.63, 3.8) is 0 Å². The molecule has 15 heavy (non-hydrogen) atoms. The fourth-order valence-electron chi connectivity index (χ4n) is 1.77. The van der Waals surface area contributed by atoms with E-state index in [0.29, 0.717) is 5.92 Å². The number of carbonyl (C=O) groups is 1. The van der Waals surface area contributed by atoms with E-state index >= 15 is 0 Å². The number of carbonyl (C=O) groups excluding carboxylic acids is 1. The van der Waals surface area contributed by atoms with E-state index < -0.39 is 0 Å². The van der Waals surface area contributed by atoms with E-state index in [9.17, 15) is 4.79 Å². The van der Waals surface area contributed by atoms with Crippen LogP contribution in [0.5, 0.6) is 0 Å². The minimum Gasteiger partial charge on any atom is -0.277 e. The van der Waals surface area contributed by atoms with Crippen LogP contribution in [0.3, 0.4) is 0 Å². The van der Waals surface area contributed by atoms with Crippen LogP contribution in [-0.2, 0) is 9.63 Å². The molecule has 1 aromatic carbocycles. The summed E-state index contributed by atoms with van der Waals surface area (Å²) in [4.78, 5) is 16.0. The average Bonchev–Trinajstić information content (AvgIpc) is 2.97. The first-order chi connectivity index (χ1) is 7.22. The third kappa shape index (κ3) is 2.38. The molecule has 0 aromatic heterocycles. The molecule has 0 bridgehead atoms. The molecule has 0 spiro atoms. The van der Waals surface area contributed by atoms with Crippen LogP contribution in [0.4, 0.5) is 0 Å². The second-order valence-corrected chi connectivity index (χ2v) is 4.59. The molecule has 0 aliphatic heterocycles. The first-order valence-electron chi connectivity index (χ1n) is 4.80. The number of hydrogen-bond donors (Lipinski definition) is 1. The summed E-state index contributed by atoms with van der Waals surface area (Å²) in [5.74, 6) is 0.388. The largest absolute Gasteiger partial charge is 0.277 e. The van der Waals surface area contributed by atoms with Crippen molar-refractivity contribution >= 4 is 21.8 Å². The number of hydrogen-bond acceptors (Lipinski definition) is 2. The molecular formula is C11H12BrNO2. The van der Waals surface area contributed by atoms with Crippen LogP contribution >= 0.6 is 15.9 Å². The zero-order valence-electron chi connectivity index (χ0n) is 8.37. The monoisotopic (exact) mass is 269 g/mol. The van der Waals surface area contributed by atoms with Crippen molar-refractivity contribution in [2.45, 2.75) is 12.3 Å². The van der Waals surface area contributed by atoms with E-state index in [1.807, 2.05) is 12.1 Å². The molecular weight excluding hydrogens is 258 g/mol. The fourth-order valence-corrected chi connectivity index (χ4v) is 2.18. The molecule has 80 valence electrons. The summed E-state index contributed by atoms with van der Waals surface area (Å²) in [5.41, 5.74) is 3.58. The van der Waals surface area contributed by atoms with Gasteiger partial charge in [0.15, 0.2) is 0 Å². The van der Waals surface area contributed by atoms with Crippen LogP contribution < -0.4 is 5.48 Å². The Balaban J connectivity index is 2.01. The van der Waals surface area contributed by atoms with Gasteiger partial charge in [-0.05, 0) is 30.0 Å². The van der Waals surface area contributed by atoms with Gasteiger partial charge in [-0.1, -0.05) is 28.1 Å². The quantitative estimate of drug-likeness (QED) is 0.855. The Morgan fingerprint density at radius 1 is 1.60 bits per heavy atom. The van der Waals surface area contributed by atoms with Crippen molar-refractivity contribution in [1.29, 1.82) is 0 Å². The number of hydroxylamine groups is 1. The Labute approximate surface area is 96.9 Å². The Morgan fingerprint density at radius 3 is 3.07 bits per heavy atom. The second-order valence-electron chi connectivity index (χ2n) is 3.67. The summed E-state index contributed by atoms with van der Waals surface area (Å²) in [6.45, 7) is 0. The van der Waals surface area contributed by atoms with Crippen molar-refractivity contribution in [3.05, 3.63) is 34.3 Å². The van der Waals surface area contributed by atoms with Crippen LogP contribution in [0, 0.1) is 5.92 Å². The highest BCUT2D eigenvalue weighted by Gasteiger charge is 2.44. The number of benzene rings is 1. The first-order valence-corrected chi connectivity index (χ1v) is 5.60. The summed E-state index contributed by atoms with van der Waals surface area (Å²) in [6, 6.07) is 8.08. The zero-order chi connectivity index (χ0) is 10.8. The average molecular weight is 270 g/mol. The van der Waals surface area contributed by atoms with E-state index in [4.69, 9.17) is 0 Å². The highest BCUT2D eigenvalue weighted by atomic mass is 79.9. The van der Waals surface area contributed by atoms with Gasteiger partial charge in [0, 0.05) is 10.4 Å². The lowest BCUT2D eigenvalue weighted by atomic mass is 10.1. The molecule has 2 atom stereocenters. The molecule has 2 rings (SSSR count). The Hall–Kier alpha value is -0.870. The van der Waals surface area contributed by atoms with E-state index in [0.717, 1.165) is 10.9 Å². The van der Waals surface area contributed by atoms with Crippen LogP contribution in [0.1, 0.15) is 17.9 Å². The van der Waals surface area contributed by atoms with Crippen LogP contribution in [-0.4, -0.2) is 13.0 Å². The molecule has 1 fully saturated rings. The molecule has 1 N–H and O–H groups in total. The maximum Gasteiger partial charge on any atom is 0.247 e. The van der Waals surface area contributed by atoms with Gasteiger partial charge in [-0.3, -0.25) is 9.63 Å². The third-order valence-electron chi connectivity index (χ3n) is 2.61. The normalized spacial score (nSPS) is 23.6. The standard InChI is InChI=1S/C11H12BrNO2/c1-15-13-11(14)10-6-9(10)7-3-2-4-8(12)5-7/h2-5,9-10H,6H2,1H3,(H,13,14)/t9-,10+/m1/s1. The van der Waals surface area contributed by atoms with E-state index in [1.54, 1.807) is 0 Å². The smallest absolute Gasteiger partial charge is 0.247 e. The van der Waals surface area contributed by atoms with Gasteiger partial charge in [0.25, 0.3) is 0 Å². The first kappa shape index (κ1) is 10.6. The maximum absolute atomic E-state index is 11.4. The van der Waals surface area contributed by atoms with E-state index in [1.165, 1.54) is 12.7 Å². The number of amides is 1. The summed E-state index contributed by atoms with van der Waals surface area (Å²) < 4.78 is 1.05. The maximum atomic E-state index is 11.4. The van der Waals surface area contributed by atoms with E-state index in [-0.39, 0.29) is 11.8 Å². The summed E-state index contributed by atoms with van der Waals surface area (Å²) in [7, 11) is 1.45. The van der Waals surface area contributed by atoms with Crippen molar-refractivity contribution in [3.8, 4) is 0 Å². The molecule has 1 aliphatic carbocycles. The topological polar surface area (TPSA) is 38.3 Å². The predicted molar refractivity (Wildman–Crippen MR) is 60.1 cm³/mol. The Bertz CT molecular complexity index is 381. The van der Waals surface area contributed by atoms with Gasteiger partial charge in [-0.2, -0.15) is 0 Å². The summed E-state index contributed by atoms with van der Waals surface area (Å²) >= 11 is 3.42. The minimum absolute atomic E-state index is 0.0255. The summed E-state index contributed by atoms with van der Waals surface area (Å²) in [5, 5.41) is 0. The number of nitrogens with one attached hydrogen (secondary N) is 1. The van der Waals surface area contributed by atoms with Gasteiger partial charge in [-0.15, -0.1) is 0 Å². The van der Waals surface area contributed by atoms with Crippen LogP contribution in [0.2, 0.25) is 0 Å². The highest BCUT2D eigenvalue weighted by Crippen LogP contribution is 2.47. The summed E-state index contributed by atoms with van der Waals surface area (Å²) in [6.07, 6.45) is 0.908. The molecule has 0 heterocycles. The van der Waals surface area contributed by atoms with Gasteiger partial charge in [0.1, 0.15) is 0 Å². The molecule has 4 heteroatoms. The molecule has 1 aliphatic rings. The molecule has 1 amide bonds. The fraction of sp³-hybridized carbons (Fsp3) is 0.364. The molecule has 0 radical (unpaired) electrons. The van der Waals surface area contributed by atoms with Crippen molar-refractivity contribution < 1.29 is 9.63 Å². The number of rotatable bonds is 3. The third-order valence-corrected chi connectivity index (χ3v) is 3.10. The zero-order valence-corrected chi connectivity index (χ0v) is 9.95. The van der Waals surface area contributed by atoms with Crippen LogP contribution in [0.25, 0.3) is 0 Å². The molecule has 0 unspecified atom stereocenters.